The fourth-order valence-electron chi connectivity index (χ4n) is 3.60. The van der Waals surface area contributed by atoms with E-state index in [4.69, 9.17) is 0 Å². The lowest BCUT2D eigenvalue weighted by atomic mass is 9.83. The van der Waals surface area contributed by atoms with Gasteiger partial charge in [-0.05, 0) is 73.8 Å². The van der Waals surface area contributed by atoms with Gasteiger partial charge in [-0.2, -0.15) is 0 Å². The number of aliphatic hydroxyl groups is 1. The van der Waals surface area contributed by atoms with Crippen molar-refractivity contribution in [2.45, 2.75) is 25.9 Å². The molecule has 0 spiro atoms. The summed E-state index contributed by atoms with van der Waals surface area (Å²) in [6.07, 6.45) is 5.23. The van der Waals surface area contributed by atoms with Crippen LogP contribution in [0.25, 0.3) is 11.6 Å². The van der Waals surface area contributed by atoms with Crippen molar-refractivity contribution in [1.29, 1.82) is 0 Å². The summed E-state index contributed by atoms with van der Waals surface area (Å²) in [4.78, 5) is 2.21. The zero-order chi connectivity index (χ0) is 18.5. The number of benzene rings is 2. The highest BCUT2D eigenvalue weighted by Gasteiger charge is 2.18. The maximum absolute atomic E-state index is 9.90. The molecule has 3 rings (SSSR count). The minimum atomic E-state index is 0. The number of phenols is 1. The summed E-state index contributed by atoms with van der Waals surface area (Å²) in [7, 11) is 4.19. The van der Waals surface area contributed by atoms with E-state index in [0.29, 0.717) is 5.75 Å². The maximum Gasteiger partial charge on any atom is 0.116 e. The Balaban J connectivity index is 0.00000261. The van der Waals surface area contributed by atoms with E-state index in [1.807, 2.05) is 30.3 Å². The Morgan fingerprint density at radius 3 is 2.52 bits per heavy atom. The molecule has 1 aliphatic carbocycles. The molecule has 0 saturated carbocycles. The van der Waals surface area contributed by atoms with Gasteiger partial charge >= 0.3 is 0 Å². The van der Waals surface area contributed by atoms with Crippen LogP contribution in [0.15, 0.2) is 59.7 Å². The molecule has 0 radical (unpaired) electrons. The predicted octanol–water partition coefficient (Wildman–Crippen LogP) is 4.89. The van der Waals surface area contributed by atoms with Gasteiger partial charge in [0.25, 0.3) is 0 Å². The molecule has 0 saturated heterocycles. The minimum Gasteiger partial charge on any atom is -0.508 e. The van der Waals surface area contributed by atoms with Gasteiger partial charge < -0.3 is 15.1 Å². The second kappa shape index (κ2) is 9.75. The number of allylic oxidation sites excluding steroid dienone is 2. The summed E-state index contributed by atoms with van der Waals surface area (Å²) in [6, 6.07) is 15.6. The number of aliphatic hydroxyl groups excluding tert-OH is 1. The Morgan fingerprint density at radius 2 is 1.81 bits per heavy atom. The van der Waals surface area contributed by atoms with E-state index in [1.54, 1.807) is 6.07 Å². The van der Waals surface area contributed by atoms with Crippen molar-refractivity contribution in [1.82, 2.24) is 4.90 Å². The molecule has 2 aromatic carbocycles. The lowest BCUT2D eigenvalue weighted by molar-refractivity contribution is 0.282. The highest BCUT2D eigenvalue weighted by Crippen LogP contribution is 2.37. The van der Waals surface area contributed by atoms with Crippen molar-refractivity contribution in [3.63, 3.8) is 0 Å². The summed E-state index contributed by atoms with van der Waals surface area (Å²) >= 11 is 0. The van der Waals surface area contributed by atoms with Crippen LogP contribution in [0.4, 0.5) is 0 Å². The zero-order valence-electron chi connectivity index (χ0n) is 16.0. The van der Waals surface area contributed by atoms with E-state index in [-0.39, 0.29) is 19.0 Å². The van der Waals surface area contributed by atoms with E-state index in [2.05, 4.69) is 37.2 Å². The first-order chi connectivity index (χ1) is 12.5. The largest absolute Gasteiger partial charge is 0.508 e. The normalized spacial score (nSPS) is 15.9. The molecule has 4 heteroatoms. The Kier molecular flexibility index (Phi) is 7.66. The first-order valence-electron chi connectivity index (χ1n) is 9.09. The topological polar surface area (TPSA) is 43.7 Å². The first kappa shape index (κ1) is 21.2. The SMILES string of the molecule is CN(C)CC1=C(c2cccc(O)c2)C/C(=C\c2cccc(CO)c2)CC1.Cl. The number of hydrogen-bond donors (Lipinski definition) is 2. The number of aromatic hydroxyl groups is 1. The van der Waals surface area contributed by atoms with E-state index in [9.17, 15) is 10.2 Å². The molecule has 0 fully saturated rings. The van der Waals surface area contributed by atoms with Crippen LogP contribution in [0.2, 0.25) is 0 Å². The summed E-state index contributed by atoms with van der Waals surface area (Å²) in [5.74, 6) is 0.311. The van der Waals surface area contributed by atoms with Gasteiger partial charge in [-0.3, -0.25) is 0 Å². The van der Waals surface area contributed by atoms with Crippen molar-refractivity contribution < 1.29 is 10.2 Å². The van der Waals surface area contributed by atoms with Crippen molar-refractivity contribution in [3.05, 3.63) is 76.4 Å². The first-order valence-corrected chi connectivity index (χ1v) is 9.09. The van der Waals surface area contributed by atoms with Crippen LogP contribution < -0.4 is 0 Å². The van der Waals surface area contributed by atoms with Crippen molar-refractivity contribution >= 4 is 24.1 Å². The molecular formula is C23H28ClNO2. The molecule has 0 bridgehead atoms. The van der Waals surface area contributed by atoms with Crippen LogP contribution in [-0.2, 0) is 6.61 Å². The standard InChI is InChI=1S/C23H27NO2.ClH/c1-24(2)15-21-10-9-18(11-17-5-3-6-19(12-17)16-25)13-23(21)20-7-4-8-22(26)14-20;/h3-8,11-12,14,25-26H,9-10,13,15-16H2,1-2H3;1H/b18-11-;. The van der Waals surface area contributed by atoms with Crippen LogP contribution in [-0.4, -0.2) is 35.8 Å². The van der Waals surface area contributed by atoms with Gasteiger partial charge in [0.1, 0.15) is 5.75 Å². The van der Waals surface area contributed by atoms with E-state index in [1.165, 1.54) is 16.7 Å². The number of hydrogen-bond acceptors (Lipinski definition) is 3. The quantitative estimate of drug-likeness (QED) is 0.770. The molecule has 2 N–H and O–H groups in total. The Hall–Kier alpha value is -2.07. The average Bonchev–Trinajstić information content (AvgIpc) is 2.63. The van der Waals surface area contributed by atoms with Gasteiger partial charge in [0.2, 0.25) is 0 Å². The number of rotatable bonds is 5. The third kappa shape index (κ3) is 5.70. The van der Waals surface area contributed by atoms with Gasteiger partial charge in [0, 0.05) is 6.54 Å². The van der Waals surface area contributed by atoms with E-state index >= 15 is 0 Å². The predicted molar refractivity (Wildman–Crippen MR) is 115 cm³/mol. The zero-order valence-corrected chi connectivity index (χ0v) is 16.8. The Morgan fingerprint density at radius 1 is 1.04 bits per heavy atom. The maximum atomic E-state index is 9.90. The summed E-state index contributed by atoms with van der Waals surface area (Å²) in [6.45, 7) is 1.01. The second-order valence-corrected chi connectivity index (χ2v) is 7.25. The third-order valence-corrected chi connectivity index (χ3v) is 4.78. The van der Waals surface area contributed by atoms with E-state index in [0.717, 1.165) is 42.5 Å². The molecule has 0 atom stereocenters. The van der Waals surface area contributed by atoms with Gasteiger partial charge in [0.05, 0.1) is 6.61 Å². The van der Waals surface area contributed by atoms with Crippen LogP contribution in [0, 0.1) is 0 Å². The van der Waals surface area contributed by atoms with Crippen LogP contribution in [0.3, 0.4) is 0 Å². The van der Waals surface area contributed by atoms with Crippen molar-refractivity contribution in [2.75, 3.05) is 20.6 Å². The molecule has 0 amide bonds. The molecular weight excluding hydrogens is 358 g/mol. The van der Waals surface area contributed by atoms with Gasteiger partial charge in [-0.25, -0.2) is 0 Å². The minimum absolute atomic E-state index is 0. The fraction of sp³-hybridized carbons (Fsp3) is 0.304. The highest BCUT2D eigenvalue weighted by molar-refractivity contribution is 5.85. The molecule has 27 heavy (non-hydrogen) atoms. The van der Waals surface area contributed by atoms with Gasteiger partial charge in [-0.15, -0.1) is 12.4 Å². The molecule has 0 aromatic heterocycles. The second-order valence-electron chi connectivity index (χ2n) is 7.25. The molecule has 144 valence electrons. The van der Waals surface area contributed by atoms with Crippen molar-refractivity contribution in [3.8, 4) is 5.75 Å². The number of phenolic OH excluding ortho intramolecular Hbond substituents is 1. The van der Waals surface area contributed by atoms with Crippen LogP contribution in [0.1, 0.15) is 36.0 Å². The third-order valence-electron chi connectivity index (χ3n) is 4.78. The number of nitrogens with zero attached hydrogens (tertiary/aromatic N) is 1. The number of halogens is 1. The fourth-order valence-corrected chi connectivity index (χ4v) is 3.60. The lowest BCUT2D eigenvalue weighted by Crippen LogP contribution is -2.18. The van der Waals surface area contributed by atoms with Crippen LogP contribution >= 0.6 is 12.4 Å². The average molecular weight is 386 g/mol. The van der Waals surface area contributed by atoms with Crippen LogP contribution in [0.5, 0.6) is 5.75 Å². The summed E-state index contributed by atoms with van der Waals surface area (Å²) in [5, 5.41) is 19.2. The Bertz CT molecular complexity index is 840. The van der Waals surface area contributed by atoms with Crippen molar-refractivity contribution in [2.24, 2.45) is 0 Å². The number of likely N-dealkylation sites (N-methyl/N-ethyl adjacent to an activating group) is 1. The Labute approximate surface area is 168 Å². The molecule has 0 heterocycles. The van der Waals surface area contributed by atoms with Gasteiger partial charge in [0.15, 0.2) is 0 Å². The smallest absolute Gasteiger partial charge is 0.116 e. The lowest BCUT2D eigenvalue weighted by Gasteiger charge is -2.25. The molecule has 3 nitrogen and oxygen atoms in total. The molecule has 2 aromatic rings. The monoisotopic (exact) mass is 385 g/mol. The summed E-state index contributed by atoms with van der Waals surface area (Å²) < 4.78 is 0. The molecule has 0 unspecified atom stereocenters. The van der Waals surface area contributed by atoms with E-state index < -0.39 is 0 Å². The molecule has 0 aliphatic heterocycles. The highest BCUT2D eigenvalue weighted by atomic mass is 35.5. The molecule has 1 aliphatic rings. The van der Waals surface area contributed by atoms with Gasteiger partial charge in [-0.1, -0.05) is 47.6 Å². The summed E-state index contributed by atoms with van der Waals surface area (Å²) in [5.41, 5.74) is 7.34.